The maximum Gasteiger partial charge on any atom is 0.498 e. The molecule has 1 aromatic heterocycles. The summed E-state index contributed by atoms with van der Waals surface area (Å²) >= 11 is 0. The molecule has 0 N–H and O–H groups in total. The van der Waals surface area contributed by atoms with Gasteiger partial charge in [0, 0.05) is 24.5 Å². The summed E-state index contributed by atoms with van der Waals surface area (Å²) in [7, 11) is 1.30. The van der Waals surface area contributed by atoms with Crippen molar-refractivity contribution in [2.45, 2.75) is 57.7 Å². The van der Waals surface area contributed by atoms with Crippen LogP contribution in [0.3, 0.4) is 0 Å². The smallest absolute Gasteiger partial charge is 0.440 e. The number of hydrogen-bond acceptors (Lipinski definition) is 5. The third-order valence-corrected chi connectivity index (χ3v) is 5.72. The Hall–Kier alpha value is -2.30. The summed E-state index contributed by atoms with van der Waals surface area (Å²) in [5.74, 6) is 1.74. The lowest BCUT2D eigenvalue weighted by molar-refractivity contribution is 0.00578. The molecule has 0 bridgehead atoms. The molecule has 2 aliphatic rings. The van der Waals surface area contributed by atoms with Gasteiger partial charge >= 0.3 is 7.12 Å². The molecule has 140 valence electrons. The van der Waals surface area contributed by atoms with E-state index in [0.717, 1.165) is 11.2 Å². The van der Waals surface area contributed by atoms with Crippen LogP contribution in [0, 0.1) is 11.3 Å². The first-order chi connectivity index (χ1) is 12.7. The van der Waals surface area contributed by atoms with Crippen LogP contribution in [0.15, 0.2) is 24.3 Å². The third-order valence-electron chi connectivity index (χ3n) is 5.72. The van der Waals surface area contributed by atoms with Gasteiger partial charge in [-0.2, -0.15) is 10.4 Å². The van der Waals surface area contributed by atoms with E-state index >= 15 is 0 Å². The Bertz CT molecular complexity index is 909. The third kappa shape index (κ3) is 3.24. The highest BCUT2D eigenvalue weighted by Crippen LogP contribution is 2.41. The fourth-order valence-corrected chi connectivity index (χ4v) is 3.12. The molecular formula is C20H24BN3O3. The fourth-order valence-electron chi connectivity index (χ4n) is 3.12. The number of aromatic nitrogens is 2. The first-order valence-corrected chi connectivity index (χ1v) is 9.32. The zero-order valence-corrected chi connectivity index (χ0v) is 16.4. The Labute approximate surface area is 160 Å². The largest absolute Gasteiger partial charge is 0.498 e. The van der Waals surface area contributed by atoms with Gasteiger partial charge in [-0.25, -0.2) is 4.68 Å². The molecule has 1 aromatic carbocycles. The van der Waals surface area contributed by atoms with Crippen molar-refractivity contribution >= 4 is 12.6 Å². The Morgan fingerprint density at radius 2 is 1.85 bits per heavy atom. The van der Waals surface area contributed by atoms with E-state index in [-0.39, 0.29) is 0 Å². The predicted molar refractivity (Wildman–Crippen MR) is 102 cm³/mol. The van der Waals surface area contributed by atoms with E-state index in [1.165, 1.54) is 12.8 Å². The fraction of sp³-hybridized carbons (Fsp3) is 0.500. The van der Waals surface area contributed by atoms with Crippen LogP contribution in [0.5, 0.6) is 11.6 Å². The van der Waals surface area contributed by atoms with Crippen LogP contribution in [-0.2, 0) is 16.4 Å². The summed E-state index contributed by atoms with van der Waals surface area (Å²) in [6.45, 7) is 8.06. The van der Waals surface area contributed by atoms with Gasteiger partial charge in [-0.3, -0.25) is 0 Å². The van der Waals surface area contributed by atoms with Gasteiger partial charge in [-0.15, -0.1) is 0 Å². The lowest BCUT2D eigenvalue weighted by Gasteiger charge is -2.32. The van der Waals surface area contributed by atoms with Gasteiger partial charge in [0.2, 0.25) is 5.88 Å². The van der Waals surface area contributed by atoms with E-state index in [2.05, 4.69) is 11.2 Å². The second-order valence-electron chi connectivity index (χ2n) is 8.36. The van der Waals surface area contributed by atoms with Crippen molar-refractivity contribution in [3.63, 3.8) is 0 Å². The van der Waals surface area contributed by atoms with Crippen LogP contribution in [0.25, 0.3) is 0 Å². The molecule has 2 aromatic rings. The van der Waals surface area contributed by atoms with Crippen LogP contribution in [0.1, 0.15) is 57.7 Å². The first kappa shape index (κ1) is 18.1. The van der Waals surface area contributed by atoms with Gasteiger partial charge in [-0.05, 0) is 52.7 Å². The van der Waals surface area contributed by atoms with Crippen molar-refractivity contribution in [1.29, 1.82) is 5.26 Å². The van der Waals surface area contributed by atoms with Crippen molar-refractivity contribution in [3.8, 4) is 17.7 Å². The molecule has 0 spiro atoms. The predicted octanol–water partition coefficient (Wildman–Crippen LogP) is 3.26. The Kier molecular flexibility index (Phi) is 4.10. The second-order valence-corrected chi connectivity index (χ2v) is 8.36. The van der Waals surface area contributed by atoms with Gasteiger partial charge < -0.3 is 14.0 Å². The zero-order valence-electron chi connectivity index (χ0n) is 16.4. The van der Waals surface area contributed by atoms with Crippen LogP contribution < -0.4 is 10.2 Å². The lowest BCUT2D eigenvalue weighted by atomic mass is 9.78. The monoisotopic (exact) mass is 365 g/mol. The number of aryl methyl sites for hydroxylation is 1. The van der Waals surface area contributed by atoms with E-state index in [9.17, 15) is 5.26 Å². The molecule has 1 saturated heterocycles. The highest BCUT2D eigenvalue weighted by Gasteiger charge is 2.52. The van der Waals surface area contributed by atoms with Crippen molar-refractivity contribution in [1.82, 2.24) is 9.78 Å². The van der Waals surface area contributed by atoms with Gasteiger partial charge in [0.1, 0.15) is 5.75 Å². The Morgan fingerprint density at radius 3 is 2.44 bits per heavy atom. The quantitative estimate of drug-likeness (QED) is 0.778. The van der Waals surface area contributed by atoms with Crippen LogP contribution >= 0.6 is 0 Å². The minimum Gasteiger partial charge on any atom is -0.440 e. The molecule has 0 unspecified atom stereocenters. The second kappa shape index (κ2) is 6.11. The Balaban J connectivity index is 1.69. The van der Waals surface area contributed by atoms with Gasteiger partial charge in [-0.1, -0.05) is 6.07 Å². The van der Waals surface area contributed by atoms with E-state index in [1.807, 2.05) is 46.9 Å². The van der Waals surface area contributed by atoms with E-state index < -0.39 is 18.3 Å². The molecule has 1 aliphatic carbocycles. The summed E-state index contributed by atoms with van der Waals surface area (Å²) in [5, 5.41) is 13.9. The summed E-state index contributed by atoms with van der Waals surface area (Å²) in [6, 6.07) is 9.47. The molecule has 2 fully saturated rings. The van der Waals surface area contributed by atoms with Crippen LogP contribution in [0.4, 0.5) is 0 Å². The van der Waals surface area contributed by atoms with Gasteiger partial charge in [0.05, 0.1) is 28.5 Å². The zero-order chi connectivity index (χ0) is 19.4. The summed E-state index contributed by atoms with van der Waals surface area (Å²) in [6.07, 6.45) is 2.36. The lowest BCUT2D eigenvalue weighted by Crippen LogP contribution is -2.41. The number of nitrogens with zero attached hydrogens (tertiary/aromatic N) is 3. The average molecular weight is 365 g/mol. The van der Waals surface area contributed by atoms with E-state index in [0.29, 0.717) is 23.1 Å². The average Bonchev–Trinajstić information content (AvgIpc) is 3.34. The molecule has 6 nitrogen and oxygen atoms in total. The minimum absolute atomic E-state index is 0.450. The van der Waals surface area contributed by atoms with Crippen LogP contribution in [-0.4, -0.2) is 28.1 Å². The summed E-state index contributed by atoms with van der Waals surface area (Å²) < 4.78 is 20.3. The molecule has 2 heterocycles. The SMILES string of the molecule is Cn1nc(C2CC2)cc1Oc1cc(C#N)ccc1B1OC(C)(C)C(C)(C)O1. The minimum atomic E-state index is -0.561. The van der Waals surface area contributed by atoms with Crippen molar-refractivity contribution in [2.24, 2.45) is 7.05 Å². The highest BCUT2D eigenvalue weighted by atomic mass is 16.7. The van der Waals surface area contributed by atoms with Gasteiger partial charge in [0.15, 0.2) is 0 Å². The van der Waals surface area contributed by atoms with Crippen molar-refractivity contribution in [3.05, 3.63) is 35.5 Å². The first-order valence-electron chi connectivity index (χ1n) is 9.32. The molecule has 7 heteroatoms. The van der Waals surface area contributed by atoms with Crippen molar-refractivity contribution in [2.75, 3.05) is 0 Å². The maximum absolute atomic E-state index is 9.30. The van der Waals surface area contributed by atoms with Gasteiger partial charge in [0.25, 0.3) is 0 Å². The number of hydrogen-bond donors (Lipinski definition) is 0. The Morgan fingerprint density at radius 1 is 1.19 bits per heavy atom. The molecule has 27 heavy (non-hydrogen) atoms. The molecule has 0 amide bonds. The molecule has 0 atom stereocenters. The summed E-state index contributed by atoms with van der Waals surface area (Å²) in [4.78, 5) is 0. The number of benzene rings is 1. The molecule has 0 radical (unpaired) electrons. The standard InChI is InChI=1S/C20H24BN3O3/c1-19(2)20(3,4)27-21(26-19)15-9-6-13(12-22)10-17(15)25-18-11-16(14-7-8-14)23-24(18)5/h6,9-11,14H,7-8H2,1-5H3. The molecular weight excluding hydrogens is 341 g/mol. The topological polar surface area (TPSA) is 69.3 Å². The molecule has 1 aliphatic heterocycles. The summed E-state index contributed by atoms with van der Waals surface area (Å²) in [5.41, 5.74) is 1.45. The molecule has 1 saturated carbocycles. The molecule has 4 rings (SSSR count). The number of nitriles is 1. The highest BCUT2D eigenvalue weighted by molar-refractivity contribution is 6.63. The number of rotatable bonds is 4. The van der Waals surface area contributed by atoms with Crippen LogP contribution in [0.2, 0.25) is 0 Å². The maximum atomic E-state index is 9.30. The number of ether oxygens (including phenoxy) is 1. The van der Waals surface area contributed by atoms with E-state index in [1.54, 1.807) is 16.8 Å². The normalized spacial score (nSPS) is 20.5. The van der Waals surface area contributed by atoms with E-state index in [4.69, 9.17) is 14.0 Å². The van der Waals surface area contributed by atoms with Crippen molar-refractivity contribution < 1.29 is 14.0 Å².